The summed E-state index contributed by atoms with van der Waals surface area (Å²) in [6, 6.07) is 21.6. The lowest BCUT2D eigenvalue weighted by Crippen LogP contribution is -2.15. The SMILES string of the molecule is Cc1ccc(C)c(-n2nc(C(=O)Nc3ccccc3C)nc2-c2ccc(Br)cc2)c1. The van der Waals surface area contributed by atoms with E-state index in [-0.39, 0.29) is 11.7 Å². The van der Waals surface area contributed by atoms with Crippen molar-refractivity contribution >= 4 is 27.5 Å². The Hall–Kier alpha value is -3.25. The van der Waals surface area contributed by atoms with Crippen LogP contribution in [0.1, 0.15) is 27.3 Å². The normalized spacial score (nSPS) is 10.8. The van der Waals surface area contributed by atoms with Crippen LogP contribution in [-0.4, -0.2) is 20.7 Å². The second kappa shape index (κ2) is 8.24. The van der Waals surface area contributed by atoms with Crippen LogP contribution >= 0.6 is 15.9 Å². The number of nitrogens with one attached hydrogen (secondary N) is 1. The molecular formula is C24H21BrN4O. The van der Waals surface area contributed by atoms with Gasteiger partial charge in [0.25, 0.3) is 5.91 Å². The molecule has 0 radical (unpaired) electrons. The van der Waals surface area contributed by atoms with Gasteiger partial charge in [-0.2, -0.15) is 0 Å². The zero-order valence-electron chi connectivity index (χ0n) is 17.0. The van der Waals surface area contributed by atoms with Gasteiger partial charge in [0.05, 0.1) is 5.69 Å². The first-order chi connectivity index (χ1) is 14.4. The van der Waals surface area contributed by atoms with E-state index in [1.165, 1.54) is 0 Å². The maximum absolute atomic E-state index is 12.9. The highest BCUT2D eigenvalue weighted by atomic mass is 79.9. The molecule has 0 saturated carbocycles. The van der Waals surface area contributed by atoms with E-state index in [2.05, 4.69) is 43.5 Å². The minimum absolute atomic E-state index is 0.122. The van der Waals surface area contributed by atoms with Gasteiger partial charge in [-0.25, -0.2) is 9.67 Å². The van der Waals surface area contributed by atoms with Gasteiger partial charge in [-0.1, -0.05) is 58.4 Å². The maximum Gasteiger partial charge on any atom is 0.295 e. The van der Waals surface area contributed by atoms with Gasteiger partial charge in [0.1, 0.15) is 0 Å². The van der Waals surface area contributed by atoms with Gasteiger partial charge in [-0.3, -0.25) is 4.79 Å². The van der Waals surface area contributed by atoms with Crippen LogP contribution in [0.3, 0.4) is 0 Å². The zero-order chi connectivity index (χ0) is 21.3. The standard InChI is InChI=1S/C24H21BrN4O/c1-15-8-9-17(3)21(14-15)29-23(18-10-12-19(25)13-11-18)27-22(28-29)24(30)26-20-7-5-4-6-16(20)2/h4-14H,1-3H3,(H,26,30). The summed E-state index contributed by atoms with van der Waals surface area (Å²) in [7, 11) is 0. The van der Waals surface area contributed by atoms with Gasteiger partial charge in [0.2, 0.25) is 5.82 Å². The molecule has 30 heavy (non-hydrogen) atoms. The molecule has 6 heteroatoms. The molecule has 4 rings (SSSR count). The fourth-order valence-corrected chi connectivity index (χ4v) is 3.47. The number of benzene rings is 3. The highest BCUT2D eigenvalue weighted by molar-refractivity contribution is 9.10. The minimum atomic E-state index is -0.341. The first kappa shape index (κ1) is 20.0. The third-order valence-electron chi connectivity index (χ3n) is 4.90. The highest BCUT2D eigenvalue weighted by Gasteiger charge is 2.20. The van der Waals surface area contributed by atoms with Crippen LogP contribution in [0.2, 0.25) is 0 Å². The quantitative estimate of drug-likeness (QED) is 0.413. The molecule has 0 spiro atoms. The molecule has 0 aliphatic carbocycles. The number of para-hydroxylation sites is 1. The summed E-state index contributed by atoms with van der Waals surface area (Å²) in [5.41, 5.74) is 5.66. The third kappa shape index (κ3) is 4.04. The number of halogens is 1. The monoisotopic (exact) mass is 460 g/mol. The van der Waals surface area contributed by atoms with Crippen LogP contribution in [0.5, 0.6) is 0 Å². The number of rotatable bonds is 4. The fraction of sp³-hybridized carbons (Fsp3) is 0.125. The van der Waals surface area contributed by atoms with Crippen LogP contribution in [0.25, 0.3) is 17.1 Å². The Balaban J connectivity index is 1.81. The number of carbonyl (C=O) groups is 1. The van der Waals surface area contributed by atoms with Crippen molar-refractivity contribution in [3.05, 3.63) is 93.7 Å². The number of aromatic nitrogens is 3. The third-order valence-corrected chi connectivity index (χ3v) is 5.43. The Morgan fingerprint density at radius 3 is 2.40 bits per heavy atom. The first-order valence-electron chi connectivity index (χ1n) is 9.60. The lowest BCUT2D eigenvalue weighted by atomic mass is 10.1. The van der Waals surface area contributed by atoms with Crippen molar-refractivity contribution in [3.63, 3.8) is 0 Å². The molecule has 0 aliphatic heterocycles. The lowest BCUT2D eigenvalue weighted by Gasteiger charge is -2.10. The molecule has 0 atom stereocenters. The maximum atomic E-state index is 12.9. The molecule has 0 saturated heterocycles. The largest absolute Gasteiger partial charge is 0.319 e. The lowest BCUT2D eigenvalue weighted by molar-refractivity contribution is 0.101. The van der Waals surface area contributed by atoms with E-state index in [9.17, 15) is 4.79 Å². The predicted molar refractivity (Wildman–Crippen MR) is 123 cm³/mol. The van der Waals surface area contributed by atoms with Crippen LogP contribution in [0.15, 0.2) is 71.2 Å². The molecule has 0 fully saturated rings. The average molecular weight is 461 g/mol. The molecule has 1 N–H and O–H groups in total. The molecule has 0 unspecified atom stereocenters. The molecule has 1 heterocycles. The summed E-state index contributed by atoms with van der Waals surface area (Å²) in [4.78, 5) is 17.6. The average Bonchev–Trinajstić information content (AvgIpc) is 3.17. The van der Waals surface area contributed by atoms with E-state index in [0.29, 0.717) is 5.82 Å². The molecule has 0 aliphatic rings. The molecule has 4 aromatic rings. The minimum Gasteiger partial charge on any atom is -0.319 e. The summed E-state index contributed by atoms with van der Waals surface area (Å²) in [5, 5.41) is 7.51. The predicted octanol–water partition coefficient (Wildman–Crippen LogP) is 5.87. The molecular weight excluding hydrogens is 440 g/mol. The van der Waals surface area contributed by atoms with E-state index < -0.39 is 0 Å². The van der Waals surface area contributed by atoms with E-state index in [1.54, 1.807) is 4.68 Å². The summed E-state index contributed by atoms with van der Waals surface area (Å²) in [5.74, 6) is 0.398. The molecule has 1 aromatic heterocycles. The summed E-state index contributed by atoms with van der Waals surface area (Å²) < 4.78 is 2.72. The van der Waals surface area contributed by atoms with Gasteiger partial charge < -0.3 is 5.32 Å². The number of amides is 1. The van der Waals surface area contributed by atoms with Crippen molar-refractivity contribution in [2.45, 2.75) is 20.8 Å². The van der Waals surface area contributed by atoms with Crippen molar-refractivity contribution in [1.29, 1.82) is 0 Å². The Morgan fingerprint density at radius 1 is 0.933 bits per heavy atom. The van der Waals surface area contributed by atoms with E-state index >= 15 is 0 Å². The smallest absolute Gasteiger partial charge is 0.295 e. The number of carbonyl (C=O) groups excluding carboxylic acids is 1. The fourth-order valence-electron chi connectivity index (χ4n) is 3.20. The van der Waals surface area contributed by atoms with Crippen molar-refractivity contribution < 1.29 is 4.79 Å². The molecule has 150 valence electrons. The Labute approximate surface area is 183 Å². The van der Waals surface area contributed by atoms with E-state index in [4.69, 9.17) is 0 Å². The second-order valence-corrected chi connectivity index (χ2v) is 8.15. The summed E-state index contributed by atoms with van der Waals surface area (Å²) >= 11 is 3.47. The van der Waals surface area contributed by atoms with Crippen molar-refractivity contribution in [1.82, 2.24) is 14.8 Å². The van der Waals surface area contributed by atoms with Gasteiger partial charge >= 0.3 is 0 Å². The van der Waals surface area contributed by atoms with Crippen molar-refractivity contribution in [2.24, 2.45) is 0 Å². The first-order valence-corrected chi connectivity index (χ1v) is 10.4. The summed E-state index contributed by atoms with van der Waals surface area (Å²) in [6.07, 6.45) is 0. The van der Waals surface area contributed by atoms with Gasteiger partial charge in [-0.15, -0.1) is 5.10 Å². The van der Waals surface area contributed by atoms with E-state index in [1.807, 2.05) is 75.4 Å². The topological polar surface area (TPSA) is 59.8 Å². The van der Waals surface area contributed by atoms with Gasteiger partial charge in [0.15, 0.2) is 5.82 Å². The Morgan fingerprint density at radius 2 is 1.67 bits per heavy atom. The van der Waals surface area contributed by atoms with E-state index in [0.717, 1.165) is 38.1 Å². The van der Waals surface area contributed by atoms with Gasteiger partial charge in [-0.05, 0) is 61.7 Å². The Kier molecular flexibility index (Phi) is 5.50. The van der Waals surface area contributed by atoms with Crippen LogP contribution in [0.4, 0.5) is 5.69 Å². The summed E-state index contributed by atoms with van der Waals surface area (Å²) in [6.45, 7) is 6.00. The number of hydrogen-bond donors (Lipinski definition) is 1. The number of aryl methyl sites for hydroxylation is 3. The highest BCUT2D eigenvalue weighted by Crippen LogP contribution is 2.26. The Bertz CT molecular complexity index is 1230. The number of anilines is 1. The second-order valence-electron chi connectivity index (χ2n) is 7.24. The van der Waals surface area contributed by atoms with Crippen LogP contribution < -0.4 is 5.32 Å². The molecule has 3 aromatic carbocycles. The zero-order valence-corrected chi connectivity index (χ0v) is 18.6. The molecule has 0 bridgehead atoms. The van der Waals surface area contributed by atoms with Crippen LogP contribution in [-0.2, 0) is 0 Å². The van der Waals surface area contributed by atoms with Crippen molar-refractivity contribution in [3.8, 4) is 17.1 Å². The van der Waals surface area contributed by atoms with Gasteiger partial charge in [0, 0.05) is 15.7 Å². The molecule has 1 amide bonds. The number of hydrogen-bond acceptors (Lipinski definition) is 3. The number of nitrogens with zero attached hydrogens (tertiary/aromatic N) is 3. The van der Waals surface area contributed by atoms with Crippen LogP contribution in [0, 0.1) is 20.8 Å². The molecule has 5 nitrogen and oxygen atoms in total. The van der Waals surface area contributed by atoms with Crippen molar-refractivity contribution in [2.75, 3.05) is 5.32 Å².